The zero-order chi connectivity index (χ0) is 16.7. The fourth-order valence-corrected chi connectivity index (χ4v) is 4.14. The van der Waals surface area contributed by atoms with E-state index < -0.39 is 23.6 Å². The number of fused-ring (bicyclic) bond motifs is 1. The van der Waals surface area contributed by atoms with E-state index >= 15 is 0 Å². The molecule has 1 aliphatic carbocycles. The lowest BCUT2D eigenvalue weighted by Crippen LogP contribution is -2.52. The van der Waals surface area contributed by atoms with Crippen molar-refractivity contribution in [2.24, 2.45) is 5.92 Å². The predicted octanol–water partition coefficient (Wildman–Crippen LogP) is 3.17. The van der Waals surface area contributed by atoms with E-state index in [1.807, 2.05) is 48.5 Å². The van der Waals surface area contributed by atoms with Gasteiger partial charge in [-0.05, 0) is 17.5 Å². The van der Waals surface area contributed by atoms with Gasteiger partial charge in [0.1, 0.15) is 0 Å². The highest BCUT2D eigenvalue weighted by Gasteiger charge is 2.69. The van der Waals surface area contributed by atoms with Crippen LogP contribution in [0.3, 0.4) is 0 Å². The minimum absolute atomic E-state index is 0.0654. The van der Waals surface area contributed by atoms with Crippen molar-refractivity contribution < 1.29 is 19.1 Å². The molecule has 1 saturated carbocycles. The fraction of sp³-hybridized carbons (Fsp3) is 0.300. The van der Waals surface area contributed by atoms with Gasteiger partial charge in [-0.25, -0.2) is 4.79 Å². The molecule has 4 rings (SSSR count). The lowest BCUT2D eigenvalue weighted by atomic mass is 9.55. The van der Waals surface area contributed by atoms with Gasteiger partial charge in [0.05, 0.1) is 5.92 Å². The first-order valence-corrected chi connectivity index (χ1v) is 8.13. The van der Waals surface area contributed by atoms with Gasteiger partial charge in [-0.3, -0.25) is 4.79 Å². The molecule has 4 heteroatoms. The third-order valence-corrected chi connectivity index (χ3v) is 5.15. The Kier molecular flexibility index (Phi) is 3.41. The zero-order valence-corrected chi connectivity index (χ0v) is 13.3. The maximum Gasteiger partial charge on any atom is 0.348 e. The molecule has 0 aromatic heterocycles. The third-order valence-electron chi connectivity index (χ3n) is 5.15. The summed E-state index contributed by atoms with van der Waals surface area (Å²) in [6.45, 7) is 1.32. The highest BCUT2D eigenvalue weighted by Crippen LogP contribution is 2.64. The molecule has 24 heavy (non-hydrogen) atoms. The Hall–Kier alpha value is -2.62. The smallest absolute Gasteiger partial charge is 0.348 e. The summed E-state index contributed by atoms with van der Waals surface area (Å²) in [5.41, 5.74) is 1.34. The summed E-state index contributed by atoms with van der Waals surface area (Å²) in [6, 6.07) is 19.8. The Balaban J connectivity index is 1.78. The minimum Gasteiger partial charge on any atom is -0.450 e. The van der Waals surface area contributed by atoms with Gasteiger partial charge < -0.3 is 9.47 Å². The van der Waals surface area contributed by atoms with Crippen LogP contribution < -0.4 is 0 Å². The van der Waals surface area contributed by atoms with E-state index in [-0.39, 0.29) is 11.8 Å². The standard InChI is InChI=1S/C20H18O4/c1-13(21)23-18-17-12-16(14-8-4-2-5-9-14)20(17,24-19(18)22)15-10-6-3-7-11-15/h2-11,16-18H,12H2,1H3/t16-,17+,18+,20+/m0/s1. The first kappa shape index (κ1) is 14.9. The highest BCUT2D eigenvalue weighted by atomic mass is 16.6. The number of hydrogen-bond acceptors (Lipinski definition) is 4. The first-order chi connectivity index (χ1) is 11.6. The molecule has 1 saturated heterocycles. The van der Waals surface area contributed by atoms with Crippen LogP contribution in [0.15, 0.2) is 60.7 Å². The molecule has 2 fully saturated rings. The Morgan fingerprint density at radius 2 is 1.71 bits per heavy atom. The average Bonchev–Trinajstić information content (AvgIpc) is 2.78. The van der Waals surface area contributed by atoms with Crippen LogP contribution >= 0.6 is 0 Å². The molecule has 4 nitrogen and oxygen atoms in total. The summed E-state index contributed by atoms with van der Waals surface area (Å²) in [5, 5.41) is 0. The van der Waals surface area contributed by atoms with Crippen molar-refractivity contribution in [3.8, 4) is 0 Å². The number of carbonyl (C=O) groups excluding carboxylic acids is 2. The molecule has 2 aromatic rings. The lowest BCUT2D eigenvalue weighted by Gasteiger charge is -2.51. The van der Waals surface area contributed by atoms with Crippen molar-refractivity contribution in [1.82, 2.24) is 0 Å². The number of ether oxygens (including phenoxy) is 2. The van der Waals surface area contributed by atoms with Crippen LogP contribution in [0.5, 0.6) is 0 Å². The van der Waals surface area contributed by atoms with E-state index in [2.05, 4.69) is 12.1 Å². The molecular weight excluding hydrogens is 304 g/mol. The van der Waals surface area contributed by atoms with Gasteiger partial charge in [0.25, 0.3) is 0 Å². The van der Waals surface area contributed by atoms with Crippen LogP contribution in [0, 0.1) is 5.92 Å². The average molecular weight is 322 g/mol. The number of hydrogen-bond donors (Lipinski definition) is 0. The van der Waals surface area contributed by atoms with E-state index in [0.717, 1.165) is 17.5 Å². The van der Waals surface area contributed by atoms with Crippen LogP contribution in [-0.2, 0) is 24.7 Å². The van der Waals surface area contributed by atoms with Gasteiger partial charge in [-0.2, -0.15) is 0 Å². The lowest BCUT2D eigenvalue weighted by molar-refractivity contribution is -0.164. The van der Waals surface area contributed by atoms with Crippen LogP contribution in [0.2, 0.25) is 0 Å². The monoisotopic (exact) mass is 322 g/mol. The number of esters is 2. The topological polar surface area (TPSA) is 52.6 Å². The number of rotatable bonds is 3. The molecule has 1 aliphatic heterocycles. The molecule has 122 valence electrons. The molecule has 1 heterocycles. The van der Waals surface area contributed by atoms with Crippen molar-refractivity contribution >= 4 is 11.9 Å². The summed E-state index contributed by atoms with van der Waals surface area (Å²) in [5.74, 6) is -0.987. The number of carbonyl (C=O) groups is 2. The van der Waals surface area contributed by atoms with Gasteiger partial charge in [0.15, 0.2) is 5.60 Å². The highest BCUT2D eigenvalue weighted by molar-refractivity contribution is 5.83. The molecule has 0 radical (unpaired) electrons. The van der Waals surface area contributed by atoms with E-state index in [1.54, 1.807) is 0 Å². The Labute approximate surface area is 140 Å². The molecule has 0 amide bonds. The van der Waals surface area contributed by atoms with Crippen LogP contribution in [-0.4, -0.2) is 18.0 Å². The molecule has 2 aliphatic rings. The van der Waals surface area contributed by atoms with Gasteiger partial charge in [-0.1, -0.05) is 60.7 Å². The van der Waals surface area contributed by atoms with Crippen LogP contribution in [0.4, 0.5) is 0 Å². The first-order valence-electron chi connectivity index (χ1n) is 8.13. The number of benzene rings is 2. The second-order valence-corrected chi connectivity index (χ2v) is 6.42. The van der Waals surface area contributed by atoms with Gasteiger partial charge in [0.2, 0.25) is 6.10 Å². The third kappa shape index (κ3) is 2.06. The van der Waals surface area contributed by atoms with Crippen LogP contribution in [0.25, 0.3) is 0 Å². The largest absolute Gasteiger partial charge is 0.450 e. The Bertz CT molecular complexity index is 771. The molecule has 0 unspecified atom stereocenters. The summed E-state index contributed by atoms with van der Waals surface area (Å²) < 4.78 is 11.2. The van der Waals surface area contributed by atoms with E-state index in [4.69, 9.17) is 9.47 Å². The molecule has 0 spiro atoms. The van der Waals surface area contributed by atoms with Crippen molar-refractivity contribution in [3.05, 3.63) is 71.8 Å². The zero-order valence-electron chi connectivity index (χ0n) is 13.3. The maximum absolute atomic E-state index is 12.4. The normalized spacial score (nSPS) is 30.9. The summed E-state index contributed by atoms with van der Waals surface area (Å²) in [4.78, 5) is 23.8. The molecule has 4 atom stereocenters. The van der Waals surface area contributed by atoms with Crippen molar-refractivity contribution in [2.45, 2.75) is 31.0 Å². The second kappa shape index (κ2) is 5.48. The predicted molar refractivity (Wildman–Crippen MR) is 87.1 cm³/mol. The maximum atomic E-state index is 12.4. The van der Waals surface area contributed by atoms with Crippen molar-refractivity contribution in [1.29, 1.82) is 0 Å². The Morgan fingerprint density at radius 1 is 1.08 bits per heavy atom. The Morgan fingerprint density at radius 3 is 2.33 bits per heavy atom. The van der Waals surface area contributed by atoms with Gasteiger partial charge in [-0.15, -0.1) is 0 Å². The van der Waals surface area contributed by atoms with Crippen molar-refractivity contribution in [2.75, 3.05) is 0 Å². The van der Waals surface area contributed by atoms with Gasteiger partial charge in [0, 0.05) is 12.8 Å². The summed E-state index contributed by atoms with van der Waals surface area (Å²) in [7, 11) is 0. The quantitative estimate of drug-likeness (QED) is 0.815. The van der Waals surface area contributed by atoms with E-state index in [0.29, 0.717) is 0 Å². The van der Waals surface area contributed by atoms with Crippen LogP contribution in [0.1, 0.15) is 30.4 Å². The SMILES string of the molecule is CC(=O)O[C@H]1C(=O)O[C@@]2(c3ccccc3)[C@@H]1C[C@H]2c1ccccc1. The second-order valence-electron chi connectivity index (χ2n) is 6.42. The molecule has 0 N–H and O–H groups in total. The molecular formula is C20H18O4. The molecule has 0 bridgehead atoms. The van der Waals surface area contributed by atoms with E-state index in [9.17, 15) is 9.59 Å². The summed E-state index contributed by atoms with van der Waals surface area (Å²) >= 11 is 0. The van der Waals surface area contributed by atoms with E-state index in [1.165, 1.54) is 6.92 Å². The molecule has 2 aromatic carbocycles. The van der Waals surface area contributed by atoms with Crippen molar-refractivity contribution in [3.63, 3.8) is 0 Å². The van der Waals surface area contributed by atoms with Gasteiger partial charge >= 0.3 is 11.9 Å². The minimum atomic E-state index is -0.817. The summed E-state index contributed by atoms with van der Waals surface area (Å²) in [6.07, 6.45) is -0.0644. The fourth-order valence-electron chi connectivity index (χ4n) is 4.14.